The van der Waals surface area contributed by atoms with Crippen LogP contribution in [-0.4, -0.2) is 34.7 Å². The molecule has 0 aliphatic carbocycles. The molecule has 0 unspecified atom stereocenters. The molecule has 0 bridgehead atoms. The van der Waals surface area contributed by atoms with Gasteiger partial charge in [0.1, 0.15) is 0 Å². The highest BCUT2D eigenvalue weighted by molar-refractivity contribution is 7.99. The lowest BCUT2D eigenvalue weighted by atomic mass is 10.4. The van der Waals surface area contributed by atoms with E-state index < -0.39 is 12.0 Å². The first kappa shape index (κ1) is 15.0. The molecule has 0 radical (unpaired) electrons. The molecule has 0 rings (SSSR count). The second-order valence-electron chi connectivity index (χ2n) is 2.28. The molecule has 0 saturated heterocycles. The Bertz CT molecular complexity index is 179. The van der Waals surface area contributed by atoms with Gasteiger partial charge in [0.15, 0.2) is 6.04 Å². The topological polar surface area (TPSA) is 94.0 Å². The smallest absolute Gasteiger partial charge is 0.363 e. The van der Waals surface area contributed by atoms with E-state index in [-0.39, 0.29) is 18.3 Å². The zero-order valence-electron chi connectivity index (χ0n) is 7.25. The Kier molecular flexibility index (Phi) is 9.43. The van der Waals surface area contributed by atoms with E-state index in [0.717, 1.165) is 0 Å². The van der Waals surface area contributed by atoms with Crippen molar-refractivity contribution < 1.29 is 32.8 Å². The highest BCUT2D eigenvalue weighted by Crippen LogP contribution is 1.97. The normalized spacial score (nSPS) is 11.2. The monoisotopic (exact) mass is 228 g/mol. The standard InChI is InChI=1S/C6H12N2O3S.ClH/c1-4(9)8-3-12-2-5(7)6(10)11;/h5H,2-3,7H2,1H3,(H,8,9)(H,10,11);1H/t5-;/m0./s1. The second-order valence-corrected chi connectivity index (χ2v) is 3.31. The maximum absolute atomic E-state index is 10.4. The number of hydrogen-bond acceptors (Lipinski definition) is 3. The Morgan fingerprint density at radius 2 is 2.15 bits per heavy atom. The first-order valence-electron chi connectivity index (χ1n) is 3.42. The fraction of sp³-hybridized carbons (Fsp3) is 0.667. The van der Waals surface area contributed by atoms with Gasteiger partial charge in [-0.05, 0) is 0 Å². The van der Waals surface area contributed by atoms with Crippen molar-refractivity contribution in [3.8, 4) is 0 Å². The summed E-state index contributed by atoms with van der Waals surface area (Å²) in [6, 6.07) is -0.608. The Morgan fingerprint density at radius 3 is 2.54 bits per heavy atom. The summed E-state index contributed by atoms with van der Waals surface area (Å²) < 4.78 is 0. The van der Waals surface area contributed by atoms with E-state index >= 15 is 0 Å². The first-order chi connectivity index (χ1) is 5.54. The van der Waals surface area contributed by atoms with Crippen LogP contribution in [-0.2, 0) is 9.59 Å². The number of quaternary nitrogens is 1. The lowest BCUT2D eigenvalue weighted by Crippen LogP contribution is -3.00. The van der Waals surface area contributed by atoms with Gasteiger partial charge in [0.25, 0.3) is 0 Å². The molecule has 78 valence electrons. The Hall–Kier alpha value is -0.460. The van der Waals surface area contributed by atoms with Gasteiger partial charge in [-0.25, -0.2) is 4.79 Å². The summed E-state index contributed by atoms with van der Waals surface area (Å²) >= 11 is 1.34. The van der Waals surface area contributed by atoms with Gasteiger partial charge in [-0.15, -0.1) is 11.8 Å². The molecule has 13 heavy (non-hydrogen) atoms. The fourth-order valence-corrected chi connectivity index (χ4v) is 1.28. The van der Waals surface area contributed by atoms with E-state index in [4.69, 9.17) is 5.11 Å². The van der Waals surface area contributed by atoms with Gasteiger partial charge < -0.3 is 28.6 Å². The Morgan fingerprint density at radius 1 is 1.62 bits per heavy atom. The number of nitrogens with one attached hydrogen (secondary N) is 1. The predicted octanol–water partition coefficient (Wildman–Crippen LogP) is -4.49. The van der Waals surface area contributed by atoms with E-state index in [2.05, 4.69) is 11.1 Å². The molecule has 1 amide bonds. The number of carboxylic acids is 1. The molecule has 0 fully saturated rings. The van der Waals surface area contributed by atoms with Crippen LogP contribution in [0, 0.1) is 0 Å². The minimum absolute atomic E-state index is 0. The minimum Gasteiger partial charge on any atom is -1.00 e. The summed E-state index contributed by atoms with van der Waals surface area (Å²) in [5.41, 5.74) is 3.42. The van der Waals surface area contributed by atoms with Crippen molar-refractivity contribution in [2.24, 2.45) is 0 Å². The summed E-state index contributed by atoms with van der Waals surface area (Å²) in [6.07, 6.45) is 0. The first-order valence-corrected chi connectivity index (χ1v) is 4.57. The van der Waals surface area contributed by atoms with E-state index in [1.165, 1.54) is 18.7 Å². The third-order valence-corrected chi connectivity index (χ3v) is 2.08. The van der Waals surface area contributed by atoms with Crippen molar-refractivity contribution in [1.29, 1.82) is 0 Å². The molecule has 0 saturated carbocycles. The molecule has 0 aliphatic rings. The van der Waals surface area contributed by atoms with Crippen molar-refractivity contribution in [3.05, 3.63) is 0 Å². The number of aliphatic carboxylic acids is 1. The molecule has 7 heteroatoms. The summed E-state index contributed by atoms with van der Waals surface area (Å²) in [6.45, 7) is 1.42. The number of carboxylic acid groups (broad SMARTS) is 1. The van der Waals surface area contributed by atoms with E-state index in [1.54, 1.807) is 0 Å². The third-order valence-electron chi connectivity index (χ3n) is 1.09. The number of carbonyl (C=O) groups excluding carboxylic acids is 1. The van der Waals surface area contributed by atoms with E-state index in [0.29, 0.717) is 11.6 Å². The maximum Gasteiger partial charge on any atom is 0.363 e. The number of rotatable bonds is 5. The van der Waals surface area contributed by atoms with Gasteiger partial charge in [-0.3, -0.25) is 4.79 Å². The maximum atomic E-state index is 10.4. The zero-order valence-corrected chi connectivity index (χ0v) is 8.82. The van der Waals surface area contributed by atoms with Gasteiger partial charge in [0.05, 0.1) is 11.6 Å². The van der Waals surface area contributed by atoms with Gasteiger partial charge >= 0.3 is 5.97 Å². The van der Waals surface area contributed by atoms with Crippen molar-refractivity contribution in [3.63, 3.8) is 0 Å². The molecule has 1 atom stereocenters. The molecule has 5 N–H and O–H groups in total. The van der Waals surface area contributed by atoms with Gasteiger partial charge in [0, 0.05) is 6.92 Å². The van der Waals surface area contributed by atoms with Crippen LogP contribution in [0.15, 0.2) is 0 Å². The van der Waals surface area contributed by atoms with Crippen LogP contribution < -0.4 is 23.5 Å². The van der Waals surface area contributed by atoms with Gasteiger partial charge in [-0.1, -0.05) is 0 Å². The summed E-state index contributed by atoms with van der Waals surface area (Å²) in [7, 11) is 0. The van der Waals surface area contributed by atoms with Crippen LogP contribution in [0.4, 0.5) is 0 Å². The second kappa shape index (κ2) is 8.15. The molecule has 0 heterocycles. The SMILES string of the molecule is CC(=O)NCSC[C@H]([NH3+])C(=O)O.[Cl-]. The Balaban J connectivity index is 0. The minimum atomic E-state index is -0.912. The van der Waals surface area contributed by atoms with Crippen molar-refractivity contribution in [1.82, 2.24) is 5.32 Å². The summed E-state index contributed by atoms with van der Waals surface area (Å²) in [4.78, 5) is 20.6. The van der Waals surface area contributed by atoms with Crippen molar-refractivity contribution in [2.75, 3.05) is 11.6 Å². The zero-order chi connectivity index (χ0) is 9.56. The van der Waals surface area contributed by atoms with Crippen molar-refractivity contribution in [2.45, 2.75) is 13.0 Å². The molecular weight excluding hydrogens is 216 g/mol. The number of amides is 1. The third kappa shape index (κ3) is 9.45. The molecule has 0 aromatic carbocycles. The average molecular weight is 229 g/mol. The molecule has 0 aromatic rings. The number of hydrogen-bond donors (Lipinski definition) is 3. The molecular formula is C6H13ClN2O3S. The molecule has 0 spiro atoms. The van der Waals surface area contributed by atoms with Crippen LogP contribution in [0.3, 0.4) is 0 Å². The van der Waals surface area contributed by atoms with E-state index in [1.807, 2.05) is 0 Å². The molecule has 0 aliphatic heterocycles. The predicted molar refractivity (Wildman–Crippen MR) is 45.5 cm³/mol. The molecule has 5 nitrogen and oxygen atoms in total. The van der Waals surface area contributed by atoms with Crippen LogP contribution in [0.5, 0.6) is 0 Å². The van der Waals surface area contributed by atoms with E-state index in [9.17, 15) is 9.59 Å². The van der Waals surface area contributed by atoms with Crippen LogP contribution in [0.2, 0.25) is 0 Å². The lowest BCUT2D eigenvalue weighted by Gasteiger charge is -2.03. The number of carbonyl (C=O) groups is 2. The van der Waals surface area contributed by atoms with Crippen LogP contribution in [0.1, 0.15) is 6.92 Å². The largest absolute Gasteiger partial charge is 1.00 e. The van der Waals surface area contributed by atoms with Gasteiger partial charge in [-0.2, -0.15) is 0 Å². The lowest BCUT2D eigenvalue weighted by molar-refractivity contribution is -0.400. The number of thioether (sulfide) groups is 1. The van der Waals surface area contributed by atoms with Crippen LogP contribution in [0.25, 0.3) is 0 Å². The average Bonchev–Trinajstić information content (AvgIpc) is 1.97. The Labute approximate surface area is 86.8 Å². The summed E-state index contributed by atoms with van der Waals surface area (Å²) in [5, 5.41) is 11.0. The van der Waals surface area contributed by atoms with Crippen LogP contribution >= 0.6 is 11.8 Å². The van der Waals surface area contributed by atoms with Crippen molar-refractivity contribution >= 4 is 23.6 Å². The molecule has 0 aromatic heterocycles. The highest BCUT2D eigenvalue weighted by Gasteiger charge is 2.14. The number of halogens is 1. The summed E-state index contributed by atoms with van der Waals surface area (Å²) in [5.74, 6) is -0.173. The fourth-order valence-electron chi connectivity index (χ4n) is 0.425. The highest BCUT2D eigenvalue weighted by atomic mass is 35.5. The quantitative estimate of drug-likeness (QED) is 0.327. The van der Waals surface area contributed by atoms with Gasteiger partial charge in [0.2, 0.25) is 5.91 Å².